The van der Waals surface area contributed by atoms with Crippen LogP contribution in [0.3, 0.4) is 0 Å². The average Bonchev–Trinajstić information content (AvgIpc) is 2.23. The van der Waals surface area contributed by atoms with Gasteiger partial charge in [-0.25, -0.2) is 4.98 Å². The van der Waals surface area contributed by atoms with Crippen molar-refractivity contribution in [3.8, 4) is 0 Å². The van der Waals surface area contributed by atoms with Gasteiger partial charge in [0.05, 0.1) is 0 Å². The minimum absolute atomic E-state index is 0. The Morgan fingerprint density at radius 2 is 2.07 bits per heavy atom. The first-order valence-corrected chi connectivity index (χ1v) is 5.29. The van der Waals surface area contributed by atoms with Gasteiger partial charge in [0.1, 0.15) is 5.82 Å². The molecule has 1 heterocycles. The highest BCUT2D eigenvalue weighted by Crippen LogP contribution is 2.19. The SMILES string of the molecule is Cl.NC1CCCCC1Nc1ccccn1. The highest BCUT2D eigenvalue weighted by molar-refractivity contribution is 5.85. The lowest BCUT2D eigenvalue weighted by atomic mass is 9.91. The first-order valence-electron chi connectivity index (χ1n) is 5.29. The fourth-order valence-corrected chi connectivity index (χ4v) is 1.98. The van der Waals surface area contributed by atoms with Crippen molar-refractivity contribution < 1.29 is 0 Å². The highest BCUT2D eigenvalue weighted by Gasteiger charge is 2.21. The second-order valence-electron chi connectivity index (χ2n) is 3.91. The summed E-state index contributed by atoms with van der Waals surface area (Å²) >= 11 is 0. The van der Waals surface area contributed by atoms with E-state index >= 15 is 0 Å². The molecule has 3 nitrogen and oxygen atoms in total. The van der Waals surface area contributed by atoms with Crippen LogP contribution in [0.2, 0.25) is 0 Å². The second-order valence-corrected chi connectivity index (χ2v) is 3.91. The molecule has 1 saturated carbocycles. The third-order valence-corrected chi connectivity index (χ3v) is 2.82. The molecule has 0 aliphatic heterocycles. The summed E-state index contributed by atoms with van der Waals surface area (Å²) in [6, 6.07) is 6.58. The molecular formula is C11H18ClN3. The van der Waals surface area contributed by atoms with Crippen LogP contribution in [0.25, 0.3) is 0 Å². The van der Waals surface area contributed by atoms with Crippen molar-refractivity contribution in [3.63, 3.8) is 0 Å². The van der Waals surface area contributed by atoms with Crippen LogP contribution in [0.15, 0.2) is 24.4 Å². The van der Waals surface area contributed by atoms with E-state index in [1.54, 1.807) is 6.20 Å². The first-order chi connectivity index (χ1) is 6.86. The molecule has 3 N–H and O–H groups in total. The van der Waals surface area contributed by atoms with Crippen LogP contribution in [0.4, 0.5) is 5.82 Å². The van der Waals surface area contributed by atoms with Crippen LogP contribution in [0.1, 0.15) is 25.7 Å². The minimum atomic E-state index is 0. The van der Waals surface area contributed by atoms with Gasteiger partial charge in [0.25, 0.3) is 0 Å². The Morgan fingerprint density at radius 3 is 2.73 bits per heavy atom. The Labute approximate surface area is 96.9 Å². The Kier molecular flexibility index (Phi) is 4.85. The van der Waals surface area contributed by atoms with Crippen molar-refractivity contribution in [2.45, 2.75) is 37.8 Å². The maximum absolute atomic E-state index is 6.04. The van der Waals surface area contributed by atoms with E-state index in [0.717, 1.165) is 18.7 Å². The lowest BCUT2D eigenvalue weighted by Gasteiger charge is -2.29. The number of nitrogens with zero attached hydrogens (tertiary/aromatic N) is 1. The van der Waals surface area contributed by atoms with Gasteiger partial charge < -0.3 is 11.1 Å². The summed E-state index contributed by atoms with van der Waals surface area (Å²) in [7, 11) is 0. The molecule has 4 heteroatoms. The Balaban J connectivity index is 0.00000112. The van der Waals surface area contributed by atoms with E-state index < -0.39 is 0 Å². The molecule has 0 saturated heterocycles. The van der Waals surface area contributed by atoms with Gasteiger partial charge in [-0.15, -0.1) is 12.4 Å². The third-order valence-electron chi connectivity index (χ3n) is 2.82. The van der Waals surface area contributed by atoms with Gasteiger partial charge in [0.2, 0.25) is 0 Å². The van der Waals surface area contributed by atoms with Crippen LogP contribution in [0.5, 0.6) is 0 Å². The minimum Gasteiger partial charge on any atom is -0.366 e. The third kappa shape index (κ3) is 3.36. The standard InChI is InChI=1S/C11H17N3.ClH/c12-9-5-1-2-6-10(9)14-11-7-3-4-8-13-11;/h3-4,7-10H,1-2,5-6,12H2,(H,13,14);1H. The van der Waals surface area contributed by atoms with Crippen LogP contribution in [-0.2, 0) is 0 Å². The number of rotatable bonds is 2. The molecule has 84 valence electrons. The Morgan fingerprint density at radius 1 is 1.27 bits per heavy atom. The van der Waals surface area contributed by atoms with Crippen LogP contribution in [0, 0.1) is 0 Å². The molecule has 1 aliphatic rings. The smallest absolute Gasteiger partial charge is 0.126 e. The van der Waals surface area contributed by atoms with E-state index in [-0.39, 0.29) is 18.4 Å². The van der Waals surface area contributed by atoms with E-state index in [2.05, 4.69) is 10.3 Å². The monoisotopic (exact) mass is 227 g/mol. The lowest BCUT2D eigenvalue weighted by Crippen LogP contribution is -2.42. The van der Waals surface area contributed by atoms with Crippen molar-refractivity contribution in [2.75, 3.05) is 5.32 Å². The van der Waals surface area contributed by atoms with Gasteiger partial charge in [-0.3, -0.25) is 0 Å². The largest absolute Gasteiger partial charge is 0.366 e. The zero-order valence-corrected chi connectivity index (χ0v) is 9.54. The zero-order chi connectivity index (χ0) is 9.80. The summed E-state index contributed by atoms with van der Waals surface area (Å²) in [5, 5.41) is 3.39. The van der Waals surface area contributed by atoms with E-state index in [0.29, 0.717) is 6.04 Å². The Hall–Kier alpha value is -0.800. The van der Waals surface area contributed by atoms with Crippen LogP contribution < -0.4 is 11.1 Å². The molecule has 2 atom stereocenters. The summed E-state index contributed by atoms with van der Waals surface area (Å²) in [5.41, 5.74) is 6.04. The summed E-state index contributed by atoms with van der Waals surface area (Å²) in [5.74, 6) is 0.940. The average molecular weight is 228 g/mol. The molecule has 2 rings (SSSR count). The summed E-state index contributed by atoms with van der Waals surface area (Å²) in [6.07, 6.45) is 6.64. The number of nitrogens with one attached hydrogen (secondary N) is 1. The number of nitrogens with two attached hydrogens (primary N) is 1. The number of halogens is 1. The quantitative estimate of drug-likeness (QED) is 0.815. The number of hydrogen-bond acceptors (Lipinski definition) is 3. The number of pyridine rings is 1. The van der Waals surface area contributed by atoms with Crippen molar-refractivity contribution in [1.29, 1.82) is 0 Å². The molecule has 1 aliphatic carbocycles. The normalized spacial score (nSPS) is 25.4. The molecule has 2 unspecified atom stereocenters. The van der Waals surface area contributed by atoms with E-state index in [4.69, 9.17) is 5.73 Å². The molecule has 0 bridgehead atoms. The second kappa shape index (κ2) is 5.93. The van der Waals surface area contributed by atoms with E-state index in [9.17, 15) is 0 Å². The summed E-state index contributed by atoms with van der Waals surface area (Å²) < 4.78 is 0. The number of hydrogen-bond donors (Lipinski definition) is 2. The van der Waals surface area contributed by atoms with Gasteiger partial charge in [0.15, 0.2) is 0 Å². The zero-order valence-electron chi connectivity index (χ0n) is 8.73. The molecule has 0 spiro atoms. The predicted octanol–water partition coefficient (Wildman–Crippen LogP) is 2.19. The summed E-state index contributed by atoms with van der Waals surface area (Å²) in [4.78, 5) is 4.24. The highest BCUT2D eigenvalue weighted by atomic mass is 35.5. The van der Waals surface area contributed by atoms with Gasteiger partial charge in [-0.2, -0.15) is 0 Å². The van der Waals surface area contributed by atoms with Crippen LogP contribution >= 0.6 is 12.4 Å². The molecular weight excluding hydrogens is 210 g/mol. The van der Waals surface area contributed by atoms with Crippen molar-refractivity contribution in [2.24, 2.45) is 5.73 Å². The maximum Gasteiger partial charge on any atom is 0.126 e. The Bertz CT molecular complexity index is 278. The molecule has 0 aromatic carbocycles. The van der Waals surface area contributed by atoms with Gasteiger partial charge in [0, 0.05) is 18.3 Å². The van der Waals surface area contributed by atoms with E-state index in [1.165, 1.54) is 12.8 Å². The topological polar surface area (TPSA) is 50.9 Å². The van der Waals surface area contributed by atoms with Gasteiger partial charge in [-0.05, 0) is 25.0 Å². The van der Waals surface area contributed by atoms with Gasteiger partial charge >= 0.3 is 0 Å². The first kappa shape index (κ1) is 12.3. The van der Waals surface area contributed by atoms with Crippen molar-refractivity contribution >= 4 is 18.2 Å². The van der Waals surface area contributed by atoms with E-state index in [1.807, 2.05) is 18.2 Å². The predicted molar refractivity (Wildman–Crippen MR) is 65.3 cm³/mol. The molecule has 1 aromatic heterocycles. The fourth-order valence-electron chi connectivity index (χ4n) is 1.98. The molecule has 0 radical (unpaired) electrons. The number of aromatic nitrogens is 1. The lowest BCUT2D eigenvalue weighted by molar-refractivity contribution is 0.403. The van der Waals surface area contributed by atoms with Gasteiger partial charge in [-0.1, -0.05) is 18.9 Å². The molecule has 0 amide bonds. The summed E-state index contributed by atoms with van der Waals surface area (Å²) in [6.45, 7) is 0. The molecule has 1 fully saturated rings. The molecule has 1 aromatic rings. The molecule has 15 heavy (non-hydrogen) atoms. The maximum atomic E-state index is 6.04. The number of anilines is 1. The van der Waals surface area contributed by atoms with Crippen molar-refractivity contribution in [1.82, 2.24) is 4.98 Å². The fraction of sp³-hybridized carbons (Fsp3) is 0.545. The van der Waals surface area contributed by atoms with Crippen molar-refractivity contribution in [3.05, 3.63) is 24.4 Å². The van der Waals surface area contributed by atoms with Crippen LogP contribution in [-0.4, -0.2) is 17.1 Å².